The summed E-state index contributed by atoms with van der Waals surface area (Å²) in [5, 5.41) is 2.97. The molecule has 6 heteroatoms. The first-order chi connectivity index (χ1) is 13.6. The average molecular weight is 382 g/mol. The summed E-state index contributed by atoms with van der Waals surface area (Å²) in [4.78, 5) is 26.6. The van der Waals surface area contributed by atoms with Crippen LogP contribution in [0.4, 0.5) is 0 Å². The number of amides is 2. The van der Waals surface area contributed by atoms with Crippen LogP contribution in [0.3, 0.4) is 0 Å². The zero-order valence-corrected chi connectivity index (χ0v) is 16.3. The van der Waals surface area contributed by atoms with Crippen LogP contribution < -0.4 is 14.8 Å². The summed E-state index contributed by atoms with van der Waals surface area (Å²) in [5.74, 6) is 1.39. The smallest absolute Gasteiger partial charge is 0.242 e. The number of nitrogens with one attached hydrogen (secondary N) is 1. The topological polar surface area (TPSA) is 67.9 Å². The van der Waals surface area contributed by atoms with E-state index >= 15 is 0 Å². The number of hydrogen-bond donors (Lipinski definition) is 1. The number of carbonyl (C=O) groups excluding carboxylic acids is 2. The van der Waals surface area contributed by atoms with Crippen LogP contribution in [0, 0.1) is 0 Å². The Labute approximate surface area is 165 Å². The van der Waals surface area contributed by atoms with Gasteiger partial charge in [0.05, 0.1) is 14.2 Å². The predicted molar refractivity (Wildman–Crippen MR) is 106 cm³/mol. The molecule has 0 aliphatic carbocycles. The minimum absolute atomic E-state index is 0.0285. The summed E-state index contributed by atoms with van der Waals surface area (Å²) in [6.07, 6.45) is 1.61. The summed E-state index contributed by atoms with van der Waals surface area (Å²) in [6.45, 7) is 0.940. The zero-order valence-electron chi connectivity index (χ0n) is 16.3. The molecule has 0 bridgehead atoms. The third-order valence-corrected chi connectivity index (χ3v) is 5.01. The Morgan fingerprint density at radius 2 is 1.93 bits per heavy atom. The molecule has 2 aromatic carbocycles. The molecular weight excluding hydrogens is 356 g/mol. The van der Waals surface area contributed by atoms with E-state index in [1.54, 1.807) is 19.1 Å². The maximum absolute atomic E-state index is 12.7. The zero-order chi connectivity index (χ0) is 19.9. The van der Waals surface area contributed by atoms with E-state index in [1.165, 1.54) is 0 Å². The fourth-order valence-electron chi connectivity index (χ4n) is 3.48. The van der Waals surface area contributed by atoms with Gasteiger partial charge in [0.25, 0.3) is 0 Å². The lowest BCUT2D eigenvalue weighted by Crippen LogP contribution is -2.44. The van der Waals surface area contributed by atoms with Gasteiger partial charge in [0.15, 0.2) is 0 Å². The fourth-order valence-corrected chi connectivity index (χ4v) is 3.48. The van der Waals surface area contributed by atoms with E-state index in [4.69, 9.17) is 9.47 Å². The Morgan fingerprint density at radius 3 is 2.64 bits per heavy atom. The van der Waals surface area contributed by atoms with Crippen molar-refractivity contribution in [1.82, 2.24) is 10.2 Å². The SMILES string of the molecule is COc1ccc(CCNC(=O)C2CCC(=O)N2Cc2ccccc2)c(OC)c1. The van der Waals surface area contributed by atoms with Gasteiger partial charge in [-0.15, -0.1) is 0 Å². The summed E-state index contributed by atoms with van der Waals surface area (Å²) in [7, 11) is 3.22. The highest BCUT2D eigenvalue weighted by molar-refractivity contribution is 5.90. The van der Waals surface area contributed by atoms with Crippen LogP contribution in [0.15, 0.2) is 48.5 Å². The van der Waals surface area contributed by atoms with Gasteiger partial charge in [0.2, 0.25) is 11.8 Å². The quantitative estimate of drug-likeness (QED) is 0.762. The van der Waals surface area contributed by atoms with Crippen LogP contribution in [-0.2, 0) is 22.6 Å². The molecule has 2 aromatic rings. The molecule has 1 unspecified atom stereocenters. The molecular formula is C22H26N2O4. The number of rotatable bonds is 8. The van der Waals surface area contributed by atoms with Gasteiger partial charge >= 0.3 is 0 Å². The fraction of sp³-hybridized carbons (Fsp3) is 0.364. The molecule has 1 heterocycles. The van der Waals surface area contributed by atoms with Crippen molar-refractivity contribution in [3.8, 4) is 11.5 Å². The highest BCUT2D eigenvalue weighted by Crippen LogP contribution is 2.25. The number of likely N-dealkylation sites (tertiary alicyclic amines) is 1. The van der Waals surface area contributed by atoms with Crippen LogP contribution in [-0.4, -0.2) is 43.5 Å². The lowest BCUT2D eigenvalue weighted by molar-refractivity contribution is -0.135. The second kappa shape index (κ2) is 9.26. The number of nitrogens with zero attached hydrogens (tertiary/aromatic N) is 1. The number of benzene rings is 2. The van der Waals surface area contributed by atoms with Gasteiger partial charge in [-0.2, -0.15) is 0 Å². The minimum Gasteiger partial charge on any atom is -0.497 e. The van der Waals surface area contributed by atoms with Crippen LogP contribution in [0.2, 0.25) is 0 Å². The molecule has 1 aliphatic rings. The van der Waals surface area contributed by atoms with Crippen LogP contribution in [0.25, 0.3) is 0 Å². The normalized spacial score (nSPS) is 16.1. The van der Waals surface area contributed by atoms with Crippen molar-refractivity contribution in [3.05, 3.63) is 59.7 Å². The molecule has 1 N–H and O–H groups in total. The summed E-state index contributed by atoms with van der Waals surface area (Å²) < 4.78 is 10.6. The van der Waals surface area contributed by atoms with E-state index in [9.17, 15) is 9.59 Å². The molecule has 0 spiro atoms. The van der Waals surface area contributed by atoms with Gasteiger partial charge in [-0.25, -0.2) is 0 Å². The molecule has 0 saturated carbocycles. The maximum Gasteiger partial charge on any atom is 0.242 e. The van der Waals surface area contributed by atoms with Crippen molar-refractivity contribution in [2.75, 3.05) is 20.8 Å². The number of ether oxygens (including phenoxy) is 2. The summed E-state index contributed by atoms with van der Waals surface area (Å²) in [5.41, 5.74) is 2.02. The van der Waals surface area contributed by atoms with Gasteiger partial charge in [0, 0.05) is 25.6 Å². The molecule has 1 aliphatic heterocycles. The Balaban J connectivity index is 1.57. The van der Waals surface area contributed by atoms with E-state index in [2.05, 4.69) is 5.32 Å². The maximum atomic E-state index is 12.7. The average Bonchev–Trinajstić information content (AvgIpc) is 3.09. The Morgan fingerprint density at radius 1 is 1.14 bits per heavy atom. The highest BCUT2D eigenvalue weighted by atomic mass is 16.5. The first kappa shape index (κ1) is 19.7. The molecule has 28 heavy (non-hydrogen) atoms. The molecule has 3 rings (SSSR count). The van der Waals surface area contributed by atoms with E-state index in [0.29, 0.717) is 32.4 Å². The van der Waals surface area contributed by atoms with Gasteiger partial charge in [-0.1, -0.05) is 36.4 Å². The monoisotopic (exact) mass is 382 g/mol. The standard InChI is InChI=1S/C22H26N2O4/c1-27-18-9-8-17(20(14-18)28-2)12-13-23-22(26)19-10-11-21(25)24(19)15-16-6-4-3-5-7-16/h3-9,14,19H,10-13,15H2,1-2H3,(H,23,26). The van der Waals surface area contributed by atoms with Crippen molar-refractivity contribution in [2.45, 2.75) is 31.8 Å². The lowest BCUT2D eigenvalue weighted by Gasteiger charge is -2.24. The largest absolute Gasteiger partial charge is 0.497 e. The summed E-state index contributed by atoms with van der Waals surface area (Å²) in [6, 6.07) is 15.0. The molecule has 1 atom stereocenters. The molecule has 6 nitrogen and oxygen atoms in total. The lowest BCUT2D eigenvalue weighted by atomic mass is 10.1. The summed E-state index contributed by atoms with van der Waals surface area (Å²) >= 11 is 0. The van der Waals surface area contributed by atoms with Crippen LogP contribution in [0.1, 0.15) is 24.0 Å². The van der Waals surface area contributed by atoms with E-state index in [-0.39, 0.29) is 11.8 Å². The second-order valence-electron chi connectivity index (χ2n) is 6.78. The molecule has 2 amide bonds. The second-order valence-corrected chi connectivity index (χ2v) is 6.78. The first-order valence-electron chi connectivity index (χ1n) is 9.44. The van der Waals surface area contributed by atoms with Gasteiger partial charge in [0.1, 0.15) is 17.5 Å². The minimum atomic E-state index is -0.412. The van der Waals surface area contributed by atoms with Gasteiger partial charge in [-0.05, 0) is 30.0 Å². The molecule has 1 fully saturated rings. The number of methoxy groups -OCH3 is 2. The molecule has 1 saturated heterocycles. The van der Waals surface area contributed by atoms with Gasteiger partial charge < -0.3 is 19.7 Å². The van der Waals surface area contributed by atoms with Crippen LogP contribution in [0.5, 0.6) is 11.5 Å². The Bertz CT molecular complexity index is 823. The number of hydrogen-bond acceptors (Lipinski definition) is 4. The first-order valence-corrected chi connectivity index (χ1v) is 9.44. The highest BCUT2D eigenvalue weighted by Gasteiger charge is 2.35. The van der Waals surface area contributed by atoms with E-state index in [1.807, 2.05) is 48.5 Å². The van der Waals surface area contributed by atoms with Gasteiger partial charge in [-0.3, -0.25) is 9.59 Å². The van der Waals surface area contributed by atoms with E-state index < -0.39 is 6.04 Å². The Hall–Kier alpha value is -3.02. The third-order valence-electron chi connectivity index (χ3n) is 5.01. The third kappa shape index (κ3) is 4.63. The van der Waals surface area contributed by atoms with Crippen molar-refractivity contribution < 1.29 is 19.1 Å². The molecule has 0 aromatic heterocycles. The number of carbonyl (C=O) groups is 2. The predicted octanol–water partition coefficient (Wildman–Crippen LogP) is 2.55. The Kier molecular flexibility index (Phi) is 6.53. The molecule has 148 valence electrons. The van der Waals surface area contributed by atoms with Crippen molar-refractivity contribution in [2.24, 2.45) is 0 Å². The van der Waals surface area contributed by atoms with Crippen molar-refractivity contribution in [1.29, 1.82) is 0 Å². The molecule has 0 radical (unpaired) electrons. The van der Waals surface area contributed by atoms with E-state index in [0.717, 1.165) is 22.6 Å². The van der Waals surface area contributed by atoms with Crippen molar-refractivity contribution >= 4 is 11.8 Å². The van der Waals surface area contributed by atoms with Crippen LogP contribution >= 0.6 is 0 Å². The van der Waals surface area contributed by atoms with Crippen molar-refractivity contribution in [3.63, 3.8) is 0 Å².